The van der Waals surface area contributed by atoms with Crippen LogP contribution in [0.5, 0.6) is 0 Å². The average Bonchev–Trinajstić information content (AvgIpc) is 3.22. The zero-order valence-electron chi connectivity index (χ0n) is 16.9. The fourth-order valence-electron chi connectivity index (χ4n) is 3.40. The minimum Gasteiger partial charge on any atom is -0.298 e. The highest BCUT2D eigenvalue weighted by Gasteiger charge is 2.15. The summed E-state index contributed by atoms with van der Waals surface area (Å²) in [4.78, 5) is 17.2. The number of aromatic nitrogens is 1. The number of nitrogens with zero attached hydrogens (tertiary/aromatic N) is 1. The first-order valence-electron chi connectivity index (χ1n) is 9.87. The van der Waals surface area contributed by atoms with Crippen molar-refractivity contribution in [3.05, 3.63) is 96.3 Å². The van der Waals surface area contributed by atoms with Crippen molar-refractivity contribution < 1.29 is 17.6 Å². The Hall–Kier alpha value is -3.82. The number of benzene rings is 4. The zero-order valence-corrected chi connectivity index (χ0v) is 18.6. The molecule has 0 aliphatic carbocycles. The maximum Gasteiger partial charge on any atom is 0.261 e. The Bertz CT molecular complexity index is 1600. The largest absolute Gasteiger partial charge is 0.298 e. The fraction of sp³-hybridized carbons (Fsp3) is 0. The van der Waals surface area contributed by atoms with E-state index in [1.807, 2.05) is 36.4 Å². The van der Waals surface area contributed by atoms with Crippen molar-refractivity contribution in [2.75, 3.05) is 10.0 Å². The van der Waals surface area contributed by atoms with Crippen LogP contribution < -0.4 is 10.0 Å². The highest BCUT2D eigenvalue weighted by molar-refractivity contribution is 7.92. The molecule has 0 unspecified atom stereocenters. The Kier molecular flexibility index (Phi) is 5.27. The molecule has 1 amide bonds. The Morgan fingerprint density at radius 2 is 1.61 bits per heavy atom. The van der Waals surface area contributed by atoms with E-state index in [9.17, 15) is 17.6 Å². The summed E-state index contributed by atoms with van der Waals surface area (Å²) in [6, 6.07) is 22.4. The van der Waals surface area contributed by atoms with Crippen molar-refractivity contribution in [1.29, 1.82) is 0 Å². The summed E-state index contributed by atoms with van der Waals surface area (Å²) in [7, 11) is -3.87. The Morgan fingerprint density at radius 3 is 2.36 bits per heavy atom. The molecule has 5 rings (SSSR count). The number of carbonyl (C=O) groups excluding carboxylic acids is 1. The maximum absolute atomic E-state index is 13.1. The lowest BCUT2D eigenvalue weighted by molar-refractivity contribution is 0.102. The minimum absolute atomic E-state index is 0.0610. The molecule has 0 fully saturated rings. The molecule has 0 bridgehead atoms. The highest BCUT2D eigenvalue weighted by Crippen LogP contribution is 2.32. The predicted octanol–water partition coefficient (Wildman–Crippen LogP) is 5.64. The molecule has 164 valence electrons. The summed E-state index contributed by atoms with van der Waals surface area (Å²) in [6.07, 6.45) is 0. The van der Waals surface area contributed by atoms with Gasteiger partial charge in [0.15, 0.2) is 5.13 Å². The molecule has 0 radical (unpaired) electrons. The predicted molar refractivity (Wildman–Crippen MR) is 129 cm³/mol. The van der Waals surface area contributed by atoms with Crippen LogP contribution in [0.3, 0.4) is 0 Å². The van der Waals surface area contributed by atoms with Gasteiger partial charge in [-0.05, 0) is 60.0 Å². The van der Waals surface area contributed by atoms with Gasteiger partial charge in [0.2, 0.25) is 0 Å². The van der Waals surface area contributed by atoms with Gasteiger partial charge in [0, 0.05) is 16.6 Å². The second kappa shape index (κ2) is 8.27. The van der Waals surface area contributed by atoms with E-state index in [2.05, 4.69) is 15.0 Å². The summed E-state index contributed by atoms with van der Waals surface area (Å²) in [5, 5.41) is 5.38. The maximum atomic E-state index is 13.1. The monoisotopic (exact) mass is 477 g/mol. The molecule has 1 aromatic heterocycles. The molecular weight excluding hydrogens is 461 g/mol. The Morgan fingerprint density at radius 1 is 0.879 bits per heavy atom. The van der Waals surface area contributed by atoms with E-state index in [0.717, 1.165) is 33.1 Å². The quantitative estimate of drug-likeness (QED) is 0.343. The summed E-state index contributed by atoms with van der Waals surface area (Å²) in [5.74, 6) is -0.878. The van der Waals surface area contributed by atoms with Gasteiger partial charge in [0.1, 0.15) is 5.82 Å². The van der Waals surface area contributed by atoms with Crippen LogP contribution in [0.1, 0.15) is 10.4 Å². The molecule has 33 heavy (non-hydrogen) atoms. The minimum atomic E-state index is -3.87. The van der Waals surface area contributed by atoms with Crippen LogP contribution in [-0.4, -0.2) is 19.3 Å². The molecule has 0 aliphatic rings. The van der Waals surface area contributed by atoms with Gasteiger partial charge in [-0.25, -0.2) is 17.8 Å². The number of hydrogen-bond donors (Lipinski definition) is 2. The SMILES string of the molecule is O=C(Nc1nc2c(ccc3ccccc32)s1)c1ccc(NS(=O)(=O)c2ccc(F)cc2)cc1. The molecule has 0 spiro atoms. The number of fused-ring (bicyclic) bond motifs is 3. The number of nitrogens with one attached hydrogen (secondary N) is 2. The summed E-state index contributed by atoms with van der Waals surface area (Å²) in [6.45, 7) is 0. The average molecular weight is 478 g/mol. The molecule has 0 saturated heterocycles. The second-order valence-corrected chi connectivity index (χ2v) is 9.96. The number of thiazole rings is 1. The number of anilines is 2. The molecule has 5 aromatic rings. The van der Waals surface area contributed by atoms with E-state index in [0.29, 0.717) is 10.7 Å². The molecule has 0 aliphatic heterocycles. The third-order valence-electron chi connectivity index (χ3n) is 5.03. The molecule has 0 saturated carbocycles. The first-order valence-corrected chi connectivity index (χ1v) is 12.2. The van der Waals surface area contributed by atoms with Crippen LogP contribution >= 0.6 is 11.3 Å². The van der Waals surface area contributed by atoms with Crippen LogP contribution in [0.15, 0.2) is 89.8 Å². The van der Waals surface area contributed by atoms with Crippen molar-refractivity contribution in [3.63, 3.8) is 0 Å². The third-order valence-corrected chi connectivity index (χ3v) is 7.36. The molecule has 2 N–H and O–H groups in total. The first-order chi connectivity index (χ1) is 15.9. The number of hydrogen-bond acceptors (Lipinski definition) is 5. The standard InChI is InChI=1S/C24H16FN3O3S2/c25-17-8-12-19(13-9-17)33(30,31)28-18-10-5-16(6-11-18)23(29)27-24-26-22-20-4-2-1-3-15(20)7-14-21(22)32-24/h1-14,28H,(H,26,27,29). The summed E-state index contributed by atoms with van der Waals surface area (Å²) >= 11 is 1.38. The number of halogens is 1. The van der Waals surface area contributed by atoms with Gasteiger partial charge in [-0.2, -0.15) is 0 Å². The smallest absolute Gasteiger partial charge is 0.261 e. The number of amides is 1. The van der Waals surface area contributed by atoms with E-state index in [1.165, 1.54) is 47.7 Å². The van der Waals surface area contributed by atoms with Crippen molar-refractivity contribution >= 4 is 59.1 Å². The third kappa shape index (κ3) is 4.28. The van der Waals surface area contributed by atoms with Crippen molar-refractivity contribution in [1.82, 2.24) is 4.98 Å². The zero-order chi connectivity index (χ0) is 23.0. The second-order valence-electron chi connectivity index (χ2n) is 7.24. The van der Waals surface area contributed by atoms with Gasteiger partial charge in [0.25, 0.3) is 15.9 Å². The van der Waals surface area contributed by atoms with Crippen molar-refractivity contribution in [2.45, 2.75) is 4.90 Å². The van der Waals surface area contributed by atoms with Crippen molar-refractivity contribution in [2.24, 2.45) is 0 Å². The molecular formula is C24H16FN3O3S2. The summed E-state index contributed by atoms with van der Waals surface area (Å²) < 4.78 is 41.3. The molecule has 4 aromatic carbocycles. The van der Waals surface area contributed by atoms with Crippen LogP contribution in [0, 0.1) is 5.82 Å². The first kappa shape index (κ1) is 21.0. The van der Waals surface area contributed by atoms with E-state index in [1.54, 1.807) is 0 Å². The van der Waals surface area contributed by atoms with Crippen molar-refractivity contribution in [3.8, 4) is 0 Å². The molecule has 0 atom stereocenters. The van der Waals surface area contributed by atoms with Crippen LogP contribution in [0.4, 0.5) is 15.2 Å². The van der Waals surface area contributed by atoms with E-state index in [-0.39, 0.29) is 16.5 Å². The fourth-order valence-corrected chi connectivity index (χ4v) is 5.34. The highest BCUT2D eigenvalue weighted by atomic mass is 32.2. The van der Waals surface area contributed by atoms with Gasteiger partial charge in [-0.1, -0.05) is 41.7 Å². The molecule has 6 nitrogen and oxygen atoms in total. The van der Waals surface area contributed by atoms with Gasteiger partial charge in [-0.15, -0.1) is 0 Å². The Balaban J connectivity index is 1.32. The van der Waals surface area contributed by atoms with Gasteiger partial charge < -0.3 is 0 Å². The number of rotatable bonds is 5. The van der Waals surface area contributed by atoms with E-state index < -0.39 is 15.8 Å². The lowest BCUT2D eigenvalue weighted by Crippen LogP contribution is -2.14. The van der Waals surface area contributed by atoms with E-state index >= 15 is 0 Å². The number of sulfonamides is 1. The molecule has 1 heterocycles. The van der Waals surface area contributed by atoms with Crippen LogP contribution in [-0.2, 0) is 10.0 Å². The van der Waals surface area contributed by atoms with E-state index in [4.69, 9.17) is 0 Å². The van der Waals surface area contributed by atoms with Crippen LogP contribution in [0.25, 0.3) is 21.0 Å². The van der Waals surface area contributed by atoms with Gasteiger partial charge in [0.05, 0.1) is 15.1 Å². The normalized spacial score (nSPS) is 11.5. The Labute approximate surface area is 192 Å². The van der Waals surface area contributed by atoms with Gasteiger partial charge in [-0.3, -0.25) is 14.8 Å². The van der Waals surface area contributed by atoms with Crippen LogP contribution in [0.2, 0.25) is 0 Å². The van der Waals surface area contributed by atoms with Gasteiger partial charge >= 0.3 is 0 Å². The lowest BCUT2D eigenvalue weighted by atomic mass is 10.1. The number of carbonyl (C=O) groups is 1. The topological polar surface area (TPSA) is 88.2 Å². The lowest BCUT2D eigenvalue weighted by Gasteiger charge is -2.09. The molecule has 9 heteroatoms. The summed E-state index contributed by atoms with van der Waals surface area (Å²) in [5.41, 5.74) is 1.46.